The van der Waals surface area contributed by atoms with Gasteiger partial charge < -0.3 is 23.9 Å². The summed E-state index contributed by atoms with van der Waals surface area (Å²) < 4.78 is 16.4. The Morgan fingerprint density at radius 1 is 1.04 bits per heavy atom. The average Bonchev–Trinajstić information content (AvgIpc) is 3.23. The summed E-state index contributed by atoms with van der Waals surface area (Å²) in [6.07, 6.45) is 2.37. The highest BCUT2D eigenvalue weighted by Gasteiger charge is 2.22. The highest BCUT2D eigenvalue weighted by Crippen LogP contribution is 2.34. The van der Waals surface area contributed by atoms with Gasteiger partial charge in [0.15, 0.2) is 5.58 Å². The lowest BCUT2D eigenvalue weighted by atomic mass is 10.0. The summed E-state index contributed by atoms with van der Waals surface area (Å²) in [5.41, 5.74) is 1.75. The number of phenols is 1. The molecule has 4 rings (SSSR count). The molecule has 0 aliphatic carbocycles. The number of likely N-dealkylation sites (tertiary alicyclic amines) is 1. The maximum absolute atomic E-state index is 12.8. The van der Waals surface area contributed by atoms with Crippen LogP contribution in [0.25, 0.3) is 22.1 Å². The molecule has 2 heterocycles. The van der Waals surface area contributed by atoms with Crippen molar-refractivity contribution in [1.82, 2.24) is 0 Å². The number of ether oxygens (including phenoxy) is 2. The Bertz CT molecular complexity index is 1070. The molecule has 0 bridgehead atoms. The van der Waals surface area contributed by atoms with Crippen LogP contribution < -0.4 is 20.0 Å². The number of hydrogen-bond donors (Lipinski definition) is 2. The van der Waals surface area contributed by atoms with E-state index in [4.69, 9.17) is 13.9 Å². The van der Waals surface area contributed by atoms with E-state index in [0.717, 1.165) is 18.5 Å². The maximum atomic E-state index is 12.8. The Balaban J connectivity index is 1.83. The van der Waals surface area contributed by atoms with Crippen LogP contribution in [-0.2, 0) is 6.54 Å². The van der Waals surface area contributed by atoms with E-state index in [9.17, 15) is 9.90 Å². The van der Waals surface area contributed by atoms with Gasteiger partial charge in [-0.3, -0.25) is 0 Å². The first kappa shape index (κ1) is 18.4. The van der Waals surface area contributed by atoms with Crippen molar-refractivity contribution in [3.8, 4) is 28.4 Å². The zero-order valence-corrected chi connectivity index (χ0v) is 16.1. The summed E-state index contributed by atoms with van der Waals surface area (Å²) in [6.45, 7) is 2.79. The molecular formula is C22H24NO5+. The number of rotatable bonds is 5. The van der Waals surface area contributed by atoms with Crippen LogP contribution in [0, 0.1) is 0 Å². The van der Waals surface area contributed by atoms with Crippen molar-refractivity contribution in [2.75, 3.05) is 27.3 Å². The molecular weight excluding hydrogens is 358 g/mol. The summed E-state index contributed by atoms with van der Waals surface area (Å²) in [5.74, 6) is 1.35. The lowest BCUT2D eigenvalue weighted by Gasteiger charge is -2.15. The molecule has 1 saturated heterocycles. The molecule has 2 N–H and O–H groups in total. The highest BCUT2D eigenvalue weighted by atomic mass is 16.5. The summed E-state index contributed by atoms with van der Waals surface area (Å²) in [5, 5.41) is 11.2. The Morgan fingerprint density at radius 2 is 1.82 bits per heavy atom. The maximum Gasteiger partial charge on any atom is 0.344 e. The molecule has 0 atom stereocenters. The smallest absolute Gasteiger partial charge is 0.344 e. The monoisotopic (exact) mass is 382 g/mol. The molecule has 6 heteroatoms. The van der Waals surface area contributed by atoms with Crippen molar-refractivity contribution in [1.29, 1.82) is 0 Å². The van der Waals surface area contributed by atoms with E-state index in [1.165, 1.54) is 17.7 Å². The average molecular weight is 382 g/mol. The van der Waals surface area contributed by atoms with E-state index in [1.807, 2.05) is 0 Å². The SMILES string of the molecule is COc1ccc(-c2cc3ccc(O)c(C[NH+]4CCCC4)c3oc2=O)c(OC)c1. The molecule has 0 radical (unpaired) electrons. The molecule has 0 unspecified atom stereocenters. The van der Waals surface area contributed by atoms with E-state index in [2.05, 4.69) is 0 Å². The first-order chi connectivity index (χ1) is 13.6. The molecule has 1 aliphatic heterocycles. The minimum absolute atomic E-state index is 0.171. The molecule has 6 nitrogen and oxygen atoms in total. The standard InChI is InChI=1S/C22H23NO5/c1-26-15-6-7-16(20(12-15)27-2)17-11-14-5-8-19(24)18(21(14)28-22(17)25)13-23-9-3-4-10-23/h5-8,11-12,24H,3-4,9-10,13H2,1-2H3/p+1. The molecule has 0 saturated carbocycles. The number of methoxy groups -OCH3 is 2. The van der Waals surface area contributed by atoms with Crippen LogP contribution in [0.1, 0.15) is 18.4 Å². The number of fused-ring (bicyclic) bond motifs is 1. The van der Waals surface area contributed by atoms with Crippen molar-refractivity contribution in [2.24, 2.45) is 0 Å². The summed E-state index contributed by atoms with van der Waals surface area (Å²) >= 11 is 0. The number of aromatic hydroxyl groups is 1. The second-order valence-electron chi connectivity index (χ2n) is 7.13. The molecule has 1 aliphatic rings. The zero-order chi connectivity index (χ0) is 19.7. The molecule has 3 aromatic rings. The molecule has 1 fully saturated rings. The lowest BCUT2D eigenvalue weighted by Crippen LogP contribution is -3.08. The van der Waals surface area contributed by atoms with Crippen molar-refractivity contribution >= 4 is 11.0 Å². The Labute approximate surface area is 162 Å². The van der Waals surface area contributed by atoms with Crippen molar-refractivity contribution in [3.63, 3.8) is 0 Å². The minimum atomic E-state index is -0.459. The second kappa shape index (κ2) is 7.56. The summed E-state index contributed by atoms with van der Waals surface area (Å²) in [7, 11) is 3.13. The third kappa shape index (κ3) is 3.31. The fourth-order valence-electron chi connectivity index (χ4n) is 3.91. The highest BCUT2D eigenvalue weighted by molar-refractivity contribution is 5.86. The quantitative estimate of drug-likeness (QED) is 0.663. The number of phenolic OH excluding ortho intramolecular Hbond substituents is 1. The third-order valence-corrected chi connectivity index (χ3v) is 5.42. The molecule has 146 valence electrons. The van der Waals surface area contributed by atoms with Gasteiger partial charge in [0.25, 0.3) is 0 Å². The van der Waals surface area contributed by atoms with E-state index in [-0.39, 0.29) is 5.75 Å². The molecule has 1 aromatic heterocycles. The van der Waals surface area contributed by atoms with Crippen LogP contribution in [-0.4, -0.2) is 32.4 Å². The number of nitrogens with one attached hydrogen (secondary N) is 1. The molecule has 2 aromatic carbocycles. The van der Waals surface area contributed by atoms with Crippen LogP contribution in [0.4, 0.5) is 0 Å². The Hall–Kier alpha value is -2.99. The second-order valence-corrected chi connectivity index (χ2v) is 7.13. The van der Waals surface area contributed by atoms with Gasteiger partial charge in [0.1, 0.15) is 23.8 Å². The topological polar surface area (TPSA) is 73.3 Å². The summed E-state index contributed by atoms with van der Waals surface area (Å²) in [6, 6.07) is 10.5. The van der Waals surface area contributed by atoms with Gasteiger partial charge in [0, 0.05) is 29.9 Å². The van der Waals surface area contributed by atoms with Gasteiger partial charge >= 0.3 is 5.63 Å². The first-order valence-corrected chi connectivity index (χ1v) is 9.45. The minimum Gasteiger partial charge on any atom is -0.507 e. The van der Waals surface area contributed by atoms with Crippen molar-refractivity contribution in [3.05, 3.63) is 52.4 Å². The van der Waals surface area contributed by atoms with Crippen LogP contribution in [0.3, 0.4) is 0 Å². The predicted octanol–water partition coefficient (Wildman–Crippen LogP) is 2.36. The largest absolute Gasteiger partial charge is 0.507 e. The number of quaternary nitrogens is 1. The van der Waals surface area contributed by atoms with E-state index in [1.54, 1.807) is 50.6 Å². The van der Waals surface area contributed by atoms with Crippen LogP contribution >= 0.6 is 0 Å². The third-order valence-electron chi connectivity index (χ3n) is 5.42. The van der Waals surface area contributed by atoms with Crippen LogP contribution in [0.5, 0.6) is 17.2 Å². The van der Waals surface area contributed by atoms with E-state index >= 15 is 0 Å². The fourth-order valence-corrected chi connectivity index (χ4v) is 3.91. The normalized spacial score (nSPS) is 14.5. The van der Waals surface area contributed by atoms with Crippen LogP contribution in [0.15, 0.2) is 45.6 Å². The fraction of sp³-hybridized carbons (Fsp3) is 0.318. The number of benzene rings is 2. The van der Waals surface area contributed by atoms with Crippen molar-refractivity contribution < 1.29 is 23.9 Å². The van der Waals surface area contributed by atoms with Gasteiger partial charge in [0.05, 0.1) is 38.4 Å². The zero-order valence-electron chi connectivity index (χ0n) is 16.1. The van der Waals surface area contributed by atoms with Gasteiger partial charge in [-0.1, -0.05) is 0 Å². The Kier molecular flexibility index (Phi) is 4.96. The predicted molar refractivity (Wildman–Crippen MR) is 106 cm³/mol. The van der Waals surface area contributed by atoms with E-state index in [0.29, 0.717) is 40.3 Å². The molecule has 0 spiro atoms. The van der Waals surface area contributed by atoms with Crippen LogP contribution in [0.2, 0.25) is 0 Å². The molecule has 28 heavy (non-hydrogen) atoms. The first-order valence-electron chi connectivity index (χ1n) is 9.45. The molecule has 0 amide bonds. The Morgan fingerprint density at radius 3 is 2.54 bits per heavy atom. The van der Waals surface area contributed by atoms with Gasteiger partial charge in [0.2, 0.25) is 0 Å². The lowest BCUT2D eigenvalue weighted by molar-refractivity contribution is -0.901. The summed E-state index contributed by atoms with van der Waals surface area (Å²) in [4.78, 5) is 14.2. The van der Waals surface area contributed by atoms with Gasteiger partial charge in [-0.15, -0.1) is 0 Å². The number of hydrogen-bond acceptors (Lipinski definition) is 5. The van der Waals surface area contributed by atoms with Gasteiger partial charge in [-0.05, 0) is 30.3 Å². The van der Waals surface area contributed by atoms with E-state index < -0.39 is 5.63 Å². The van der Waals surface area contributed by atoms with Gasteiger partial charge in [-0.25, -0.2) is 4.79 Å². The van der Waals surface area contributed by atoms with Gasteiger partial charge in [-0.2, -0.15) is 0 Å². The van der Waals surface area contributed by atoms with Crippen molar-refractivity contribution in [2.45, 2.75) is 19.4 Å².